The maximum absolute atomic E-state index is 12.9. The SMILES string of the molecule is O=C([C@H](O)CS(=O)(=O)c1ccc2cc(Cl)ccc2c1)N1CCN(N2Cc3cnc(CO)n3C2=O)CC1. The summed E-state index contributed by atoms with van der Waals surface area (Å²) < 4.78 is 27.2. The van der Waals surface area contributed by atoms with E-state index in [4.69, 9.17) is 11.6 Å². The zero-order valence-electron chi connectivity index (χ0n) is 19.1. The molecule has 0 aliphatic carbocycles. The minimum atomic E-state index is -3.93. The van der Waals surface area contributed by atoms with E-state index in [0.29, 0.717) is 35.7 Å². The van der Waals surface area contributed by atoms with Gasteiger partial charge in [-0.05, 0) is 35.0 Å². The number of rotatable bonds is 6. The molecule has 0 spiro atoms. The predicted molar refractivity (Wildman–Crippen MR) is 130 cm³/mol. The van der Waals surface area contributed by atoms with Gasteiger partial charge in [-0.3, -0.25) is 9.80 Å². The summed E-state index contributed by atoms with van der Waals surface area (Å²) in [5.74, 6) is -1.13. The fraction of sp³-hybridized carbons (Fsp3) is 0.348. The Balaban J connectivity index is 1.20. The fourth-order valence-electron chi connectivity index (χ4n) is 4.58. The fourth-order valence-corrected chi connectivity index (χ4v) is 6.09. The minimum absolute atomic E-state index is 0.0159. The van der Waals surface area contributed by atoms with E-state index >= 15 is 0 Å². The number of hydrogen-bond acceptors (Lipinski definition) is 8. The highest BCUT2D eigenvalue weighted by Crippen LogP contribution is 2.24. The number of hydrazine groups is 1. The smallest absolute Gasteiger partial charge is 0.344 e. The van der Waals surface area contributed by atoms with Crippen LogP contribution in [-0.4, -0.2) is 93.1 Å². The van der Waals surface area contributed by atoms with Gasteiger partial charge in [-0.1, -0.05) is 23.7 Å². The molecule has 2 aliphatic rings. The molecular weight excluding hydrogens is 510 g/mol. The molecule has 2 amide bonds. The number of aromatic nitrogens is 2. The van der Waals surface area contributed by atoms with Crippen LogP contribution in [-0.2, 0) is 27.8 Å². The first-order valence-electron chi connectivity index (χ1n) is 11.3. The highest BCUT2D eigenvalue weighted by Gasteiger charge is 2.37. The molecule has 0 radical (unpaired) electrons. The number of aliphatic hydroxyl groups excluding tert-OH is 2. The molecule has 13 heteroatoms. The average molecular weight is 534 g/mol. The van der Waals surface area contributed by atoms with Crippen LogP contribution in [0.1, 0.15) is 11.5 Å². The Bertz CT molecular complexity index is 1450. The lowest BCUT2D eigenvalue weighted by Crippen LogP contribution is -2.57. The summed E-state index contributed by atoms with van der Waals surface area (Å²) in [6.07, 6.45) is -0.167. The standard InChI is InChI=1S/C23H24ClN5O6S/c24-17-3-1-16-10-19(4-2-15(16)9-17)36(34,35)14-20(31)22(32)26-5-7-27(8-6-26)28-12-18-11-25-21(13-30)29(18)23(28)33/h1-4,9-11,20,30-31H,5-8,12-14H2/t20-/m1/s1. The molecule has 36 heavy (non-hydrogen) atoms. The number of carbonyl (C=O) groups excluding carboxylic acids is 2. The summed E-state index contributed by atoms with van der Waals surface area (Å²) in [7, 11) is -3.93. The number of hydrogen-bond donors (Lipinski definition) is 2. The molecular formula is C23H24ClN5O6S. The maximum atomic E-state index is 12.9. The first kappa shape index (κ1) is 24.7. The normalized spacial score (nSPS) is 17.6. The van der Waals surface area contributed by atoms with Gasteiger partial charge in [0.15, 0.2) is 9.84 Å². The average Bonchev–Trinajstić information content (AvgIpc) is 3.42. The Hall–Kier alpha value is -3.03. The van der Waals surface area contributed by atoms with E-state index in [0.717, 1.165) is 5.39 Å². The highest BCUT2D eigenvalue weighted by atomic mass is 35.5. The van der Waals surface area contributed by atoms with Crippen molar-refractivity contribution in [2.45, 2.75) is 24.2 Å². The quantitative estimate of drug-likeness (QED) is 0.476. The van der Waals surface area contributed by atoms with Crippen molar-refractivity contribution < 1.29 is 28.2 Å². The molecule has 0 saturated carbocycles. The van der Waals surface area contributed by atoms with Gasteiger partial charge in [-0.15, -0.1) is 0 Å². The van der Waals surface area contributed by atoms with E-state index in [-0.39, 0.29) is 36.4 Å². The van der Waals surface area contributed by atoms with Crippen LogP contribution < -0.4 is 0 Å². The Morgan fingerprint density at radius 2 is 1.78 bits per heavy atom. The monoisotopic (exact) mass is 533 g/mol. The maximum Gasteiger partial charge on any atom is 0.344 e. The zero-order valence-corrected chi connectivity index (χ0v) is 20.7. The van der Waals surface area contributed by atoms with Crippen LogP contribution in [0.25, 0.3) is 10.8 Å². The molecule has 2 aliphatic heterocycles. The minimum Gasteiger partial charge on any atom is -0.388 e. The number of amides is 2. The van der Waals surface area contributed by atoms with E-state index in [1.165, 1.54) is 26.6 Å². The van der Waals surface area contributed by atoms with Crippen LogP contribution in [0.4, 0.5) is 4.79 Å². The van der Waals surface area contributed by atoms with Gasteiger partial charge in [0, 0.05) is 31.2 Å². The highest BCUT2D eigenvalue weighted by molar-refractivity contribution is 7.91. The van der Waals surface area contributed by atoms with Crippen molar-refractivity contribution in [2.75, 3.05) is 31.9 Å². The number of nitrogens with zero attached hydrogens (tertiary/aromatic N) is 5. The molecule has 0 bridgehead atoms. The lowest BCUT2D eigenvalue weighted by atomic mass is 10.1. The topological polar surface area (TPSA) is 136 Å². The molecule has 5 rings (SSSR count). The van der Waals surface area contributed by atoms with Crippen LogP contribution in [0.15, 0.2) is 47.5 Å². The van der Waals surface area contributed by atoms with Crippen LogP contribution in [0.3, 0.4) is 0 Å². The number of sulfone groups is 1. The Labute approximate surface area is 212 Å². The summed E-state index contributed by atoms with van der Waals surface area (Å²) in [4.78, 5) is 31.0. The van der Waals surface area contributed by atoms with Crippen LogP contribution in [0.5, 0.6) is 0 Å². The third-order valence-electron chi connectivity index (χ3n) is 6.48. The van der Waals surface area contributed by atoms with E-state index in [2.05, 4.69) is 4.98 Å². The van der Waals surface area contributed by atoms with Gasteiger partial charge >= 0.3 is 6.03 Å². The van der Waals surface area contributed by atoms with Crippen LogP contribution in [0, 0.1) is 0 Å². The molecule has 2 N–H and O–H groups in total. The molecule has 1 atom stereocenters. The van der Waals surface area contributed by atoms with E-state index < -0.39 is 27.6 Å². The molecule has 2 aromatic carbocycles. The van der Waals surface area contributed by atoms with Crippen LogP contribution >= 0.6 is 11.6 Å². The Morgan fingerprint density at radius 1 is 1.08 bits per heavy atom. The van der Waals surface area contributed by atoms with Crippen molar-refractivity contribution >= 4 is 44.1 Å². The first-order chi connectivity index (χ1) is 17.2. The molecule has 0 unspecified atom stereocenters. The first-order valence-corrected chi connectivity index (χ1v) is 13.3. The lowest BCUT2D eigenvalue weighted by Gasteiger charge is -2.39. The van der Waals surface area contributed by atoms with Gasteiger partial charge in [-0.25, -0.2) is 27.8 Å². The lowest BCUT2D eigenvalue weighted by molar-refractivity contribution is -0.143. The number of piperazine rings is 1. The summed E-state index contributed by atoms with van der Waals surface area (Å²) in [5.41, 5.74) is 0.667. The summed E-state index contributed by atoms with van der Waals surface area (Å²) in [6.45, 7) is 1.05. The Kier molecular flexibility index (Phi) is 6.47. The zero-order chi connectivity index (χ0) is 25.6. The van der Waals surface area contributed by atoms with Crippen LogP contribution in [0.2, 0.25) is 5.02 Å². The largest absolute Gasteiger partial charge is 0.388 e. The van der Waals surface area contributed by atoms with Gasteiger partial charge in [-0.2, -0.15) is 0 Å². The molecule has 1 aromatic heterocycles. The second-order valence-electron chi connectivity index (χ2n) is 8.73. The second kappa shape index (κ2) is 9.45. The van der Waals surface area contributed by atoms with Crippen molar-refractivity contribution in [3.63, 3.8) is 0 Å². The molecule has 1 fully saturated rings. The van der Waals surface area contributed by atoms with E-state index in [9.17, 15) is 28.2 Å². The number of halogens is 1. The summed E-state index contributed by atoms with van der Waals surface area (Å²) in [6, 6.07) is 9.34. The third-order valence-corrected chi connectivity index (χ3v) is 8.44. The van der Waals surface area contributed by atoms with Gasteiger partial charge < -0.3 is 15.1 Å². The summed E-state index contributed by atoms with van der Waals surface area (Å²) in [5, 5.41) is 25.2. The van der Waals surface area contributed by atoms with Crippen molar-refractivity contribution in [1.82, 2.24) is 24.5 Å². The second-order valence-corrected chi connectivity index (χ2v) is 11.2. The molecule has 1 saturated heterocycles. The van der Waals surface area contributed by atoms with Gasteiger partial charge in [0.05, 0.1) is 29.1 Å². The van der Waals surface area contributed by atoms with Gasteiger partial charge in [0.1, 0.15) is 18.5 Å². The number of carbonyl (C=O) groups is 2. The summed E-state index contributed by atoms with van der Waals surface area (Å²) >= 11 is 5.98. The van der Waals surface area contributed by atoms with Gasteiger partial charge in [0.2, 0.25) is 0 Å². The number of aliphatic hydroxyl groups is 2. The third kappa shape index (κ3) is 4.46. The van der Waals surface area contributed by atoms with Crippen molar-refractivity contribution in [2.24, 2.45) is 0 Å². The molecule has 3 aromatic rings. The van der Waals surface area contributed by atoms with E-state index in [1.807, 2.05) is 0 Å². The van der Waals surface area contributed by atoms with Crippen molar-refractivity contribution in [1.29, 1.82) is 0 Å². The molecule has 3 heterocycles. The predicted octanol–water partition coefficient (Wildman–Crippen LogP) is 0.860. The number of fused-ring (bicyclic) bond motifs is 2. The Morgan fingerprint density at radius 3 is 2.50 bits per heavy atom. The molecule has 11 nitrogen and oxygen atoms in total. The van der Waals surface area contributed by atoms with Crippen molar-refractivity contribution in [3.05, 3.63) is 59.1 Å². The number of benzene rings is 2. The van der Waals surface area contributed by atoms with Gasteiger partial charge in [0.25, 0.3) is 5.91 Å². The molecule has 190 valence electrons. The number of imidazole rings is 1. The van der Waals surface area contributed by atoms with E-state index in [1.54, 1.807) is 35.5 Å². The van der Waals surface area contributed by atoms with Crippen molar-refractivity contribution in [3.8, 4) is 0 Å².